The van der Waals surface area contributed by atoms with Crippen LogP contribution in [0.4, 0.5) is 5.69 Å². The molecule has 0 aliphatic heterocycles. The van der Waals surface area contributed by atoms with Gasteiger partial charge in [0, 0.05) is 42.5 Å². The van der Waals surface area contributed by atoms with Crippen molar-refractivity contribution in [3.63, 3.8) is 0 Å². The number of carbonyl (C=O) groups is 3. The van der Waals surface area contributed by atoms with Crippen LogP contribution in [-0.4, -0.2) is 17.6 Å². The maximum Gasteiger partial charge on any atom is 0.272 e. The zero-order valence-corrected chi connectivity index (χ0v) is 23.7. The van der Waals surface area contributed by atoms with Gasteiger partial charge in [0.15, 0.2) is 5.78 Å². The molecule has 0 heterocycles. The monoisotopic (exact) mass is 608 g/mol. The van der Waals surface area contributed by atoms with Gasteiger partial charge in [-0.15, -0.1) is 0 Å². The van der Waals surface area contributed by atoms with E-state index in [1.54, 1.807) is 97.1 Å². The second kappa shape index (κ2) is 13.5. The molecule has 0 unspecified atom stereocenters. The molecule has 4 aromatic rings. The molecular formula is C31H20Cl4N2O3. The molecule has 0 aliphatic carbocycles. The molecule has 0 aliphatic rings. The lowest BCUT2D eigenvalue weighted by Gasteiger charge is -2.12. The summed E-state index contributed by atoms with van der Waals surface area (Å²) in [6.07, 6.45) is 4.41. The predicted molar refractivity (Wildman–Crippen MR) is 163 cm³/mol. The van der Waals surface area contributed by atoms with Crippen LogP contribution in [0.1, 0.15) is 31.8 Å². The van der Waals surface area contributed by atoms with E-state index in [1.165, 1.54) is 12.2 Å². The Morgan fingerprint density at radius 3 is 2.00 bits per heavy atom. The molecule has 5 nitrogen and oxygen atoms in total. The normalized spacial score (nSPS) is 11.3. The Morgan fingerprint density at radius 2 is 1.35 bits per heavy atom. The van der Waals surface area contributed by atoms with Crippen LogP contribution in [0.5, 0.6) is 0 Å². The topological polar surface area (TPSA) is 75.3 Å². The first kappa shape index (κ1) is 29.1. The van der Waals surface area contributed by atoms with Crippen molar-refractivity contribution in [1.29, 1.82) is 0 Å². The second-order valence-electron chi connectivity index (χ2n) is 8.41. The lowest BCUT2D eigenvalue weighted by Crippen LogP contribution is -2.30. The van der Waals surface area contributed by atoms with Crippen molar-refractivity contribution in [2.24, 2.45) is 0 Å². The summed E-state index contributed by atoms with van der Waals surface area (Å²) in [6.45, 7) is 0. The molecule has 0 saturated carbocycles. The van der Waals surface area contributed by atoms with Crippen LogP contribution < -0.4 is 10.6 Å². The number of ketones is 1. The number of benzene rings is 4. The van der Waals surface area contributed by atoms with E-state index in [1.807, 2.05) is 0 Å². The summed E-state index contributed by atoms with van der Waals surface area (Å²) in [5.74, 6) is -1.36. The van der Waals surface area contributed by atoms with Gasteiger partial charge in [0.1, 0.15) is 5.70 Å². The number of carbonyl (C=O) groups excluding carboxylic acids is 3. The molecule has 2 amide bonds. The highest BCUT2D eigenvalue weighted by atomic mass is 35.5. The van der Waals surface area contributed by atoms with Gasteiger partial charge in [-0.2, -0.15) is 0 Å². The van der Waals surface area contributed by atoms with E-state index in [0.717, 1.165) is 0 Å². The minimum atomic E-state index is -0.614. The van der Waals surface area contributed by atoms with Gasteiger partial charge in [0.2, 0.25) is 0 Å². The highest BCUT2D eigenvalue weighted by Gasteiger charge is 2.17. The molecule has 4 rings (SSSR count). The highest BCUT2D eigenvalue weighted by molar-refractivity contribution is 6.37. The summed E-state index contributed by atoms with van der Waals surface area (Å²) in [6, 6.07) is 24.7. The van der Waals surface area contributed by atoms with Gasteiger partial charge < -0.3 is 10.6 Å². The van der Waals surface area contributed by atoms with Gasteiger partial charge in [0.05, 0.1) is 0 Å². The number of allylic oxidation sites excluding steroid dienone is 1. The first-order valence-corrected chi connectivity index (χ1v) is 13.3. The summed E-state index contributed by atoms with van der Waals surface area (Å²) in [4.78, 5) is 38.7. The van der Waals surface area contributed by atoms with Crippen molar-refractivity contribution in [3.05, 3.63) is 145 Å². The summed E-state index contributed by atoms with van der Waals surface area (Å²) in [5, 5.41) is 6.91. The van der Waals surface area contributed by atoms with Crippen molar-refractivity contribution in [2.75, 3.05) is 5.32 Å². The van der Waals surface area contributed by atoms with Crippen molar-refractivity contribution in [1.82, 2.24) is 5.32 Å². The first-order chi connectivity index (χ1) is 19.2. The third-order valence-electron chi connectivity index (χ3n) is 5.62. The zero-order valence-electron chi connectivity index (χ0n) is 20.6. The fourth-order valence-corrected chi connectivity index (χ4v) is 4.53. The average molecular weight is 610 g/mol. The van der Waals surface area contributed by atoms with Crippen molar-refractivity contribution >= 4 is 81.8 Å². The average Bonchev–Trinajstić information content (AvgIpc) is 2.94. The van der Waals surface area contributed by atoms with E-state index in [9.17, 15) is 14.4 Å². The number of halogens is 4. The molecule has 0 bridgehead atoms. The summed E-state index contributed by atoms with van der Waals surface area (Å²) in [5.41, 5.74) is 2.11. The summed E-state index contributed by atoms with van der Waals surface area (Å²) >= 11 is 24.7. The van der Waals surface area contributed by atoms with Gasteiger partial charge in [-0.05, 0) is 84.5 Å². The van der Waals surface area contributed by atoms with Gasteiger partial charge in [-0.25, -0.2) is 0 Å². The lowest BCUT2D eigenvalue weighted by atomic mass is 10.1. The molecule has 2 N–H and O–H groups in total. The Balaban J connectivity index is 1.53. The van der Waals surface area contributed by atoms with E-state index in [0.29, 0.717) is 48.0 Å². The molecule has 0 atom stereocenters. The highest BCUT2D eigenvalue weighted by Crippen LogP contribution is 2.27. The number of hydrogen-bond donors (Lipinski definition) is 2. The molecule has 0 spiro atoms. The van der Waals surface area contributed by atoms with Gasteiger partial charge in [0.25, 0.3) is 11.8 Å². The number of amides is 2. The number of nitrogens with one attached hydrogen (secondary N) is 2. The Hall–Kier alpha value is -3.87. The van der Waals surface area contributed by atoms with Crippen LogP contribution in [0.3, 0.4) is 0 Å². The second-order valence-corrected chi connectivity index (χ2v) is 10.1. The quantitative estimate of drug-likeness (QED) is 0.155. The molecule has 200 valence electrons. The fraction of sp³-hybridized carbons (Fsp3) is 0. The fourth-order valence-electron chi connectivity index (χ4n) is 3.55. The van der Waals surface area contributed by atoms with E-state index in [4.69, 9.17) is 46.4 Å². The molecular weight excluding hydrogens is 590 g/mol. The van der Waals surface area contributed by atoms with Crippen LogP contribution in [-0.2, 0) is 4.79 Å². The Bertz CT molecular complexity index is 1610. The molecule has 4 aromatic carbocycles. The standard InChI is InChI=1S/C31H20Cl4N2O3/c32-22-13-9-19(27(35)17-22)12-16-29(38)20-10-14-23(15-11-20)36-31(40)28(18-24-25(33)7-4-8-26(24)34)37-30(39)21-5-2-1-3-6-21/h1-18H,(H,36,40)(H,37,39)/b16-12+,28-18-. The first-order valence-electron chi connectivity index (χ1n) is 11.8. The number of anilines is 1. The van der Waals surface area contributed by atoms with Crippen LogP contribution in [0, 0.1) is 0 Å². The minimum absolute atomic E-state index is 0.0771. The summed E-state index contributed by atoms with van der Waals surface area (Å²) in [7, 11) is 0. The Kier molecular flexibility index (Phi) is 9.80. The molecule has 0 saturated heterocycles. The van der Waals surface area contributed by atoms with E-state index < -0.39 is 11.8 Å². The lowest BCUT2D eigenvalue weighted by molar-refractivity contribution is -0.113. The Labute approximate surface area is 251 Å². The van der Waals surface area contributed by atoms with Crippen molar-refractivity contribution in [2.45, 2.75) is 0 Å². The van der Waals surface area contributed by atoms with Crippen LogP contribution >= 0.6 is 46.4 Å². The maximum atomic E-state index is 13.3. The number of hydrogen-bond acceptors (Lipinski definition) is 3. The third kappa shape index (κ3) is 7.62. The largest absolute Gasteiger partial charge is 0.321 e. The predicted octanol–water partition coefficient (Wildman–Crippen LogP) is 8.61. The Morgan fingerprint density at radius 1 is 0.675 bits per heavy atom. The molecule has 0 aromatic heterocycles. The summed E-state index contributed by atoms with van der Waals surface area (Å²) < 4.78 is 0. The van der Waals surface area contributed by atoms with Crippen molar-refractivity contribution in [3.8, 4) is 0 Å². The zero-order chi connectivity index (χ0) is 28.6. The minimum Gasteiger partial charge on any atom is -0.321 e. The van der Waals surface area contributed by atoms with Crippen LogP contribution in [0.15, 0.2) is 103 Å². The SMILES string of the molecule is O=C(Nc1ccc(C(=O)/C=C/c2ccc(Cl)cc2Cl)cc1)/C(=C/c1c(Cl)cccc1Cl)NC(=O)c1ccccc1. The van der Waals surface area contributed by atoms with Crippen LogP contribution in [0.25, 0.3) is 12.2 Å². The molecule has 0 radical (unpaired) electrons. The van der Waals surface area contributed by atoms with E-state index in [-0.39, 0.29) is 11.5 Å². The number of rotatable bonds is 8. The van der Waals surface area contributed by atoms with E-state index in [2.05, 4.69) is 10.6 Å². The van der Waals surface area contributed by atoms with E-state index >= 15 is 0 Å². The van der Waals surface area contributed by atoms with Crippen molar-refractivity contribution < 1.29 is 14.4 Å². The van der Waals surface area contributed by atoms with Crippen LogP contribution in [0.2, 0.25) is 20.1 Å². The van der Waals surface area contributed by atoms with Gasteiger partial charge >= 0.3 is 0 Å². The molecule has 0 fully saturated rings. The van der Waals surface area contributed by atoms with Gasteiger partial charge in [-0.3, -0.25) is 14.4 Å². The molecule has 9 heteroatoms. The maximum absolute atomic E-state index is 13.3. The third-order valence-corrected chi connectivity index (χ3v) is 6.84. The van der Waals surface area contributed by atoms with Gasteiger partial charge in [-0.1, -0.05) is 76.7 Å². The smallest absolute Gasteiger partial charge is 0.272 e. The molecule has 40 heavy (non-hydrogen) atoms.